The summed E-state index contributed by atoms with van der Waals surface area (Å²) in [6, 6.07) is 5.57. The van der Waals surface area contributed by atoms with Crippen molar-refractivity contribution >= 4 is 40.4 Å². The number of carbonyl (C=O) groups is 2. The van der Waals surface area contributed by atoms with Crippen molar-refractivity contribution in [1.82, 2.24) is 15.1 Å². The van der Waals surface area contributed by atoms with Crippen LogP contribution in [0.15, 0.2) is 41.9 Å². The molecule has 0 unspecified atom stereocenters. The molecule has 6 nitrogen and oxygen atoms in total. The average Bonchev–Trinajstić information content (AvgIpc) is 3.46. The third-order valence-corrected chi connectivity index (χ3v) is 7.72. The normalized spacial score (nSPS) is 15.4. The average molecular weight is 553 g/mol. The van der Waals surface area contributed by atoms with Gasteiger partial charge in [0.05, 0.1) is 22.7 Å². The second-order valence-corrected chi connectivity index (χ2v) is 10.7. The van der Waals surface area contributed by atoms with E-state index in [1.54, 1.807) is 32.3 Å². The Labute approximate surface area is 222 Å². The molecule has 3 aromatic rings. The van der Waals surface area contributed by atoms with Crippen LogP contribution in [-0.2, 0) is 29.2 Å². The molecule has 4 rings (SSSR count). The quantitative estimate of drug-likeness (QED) is 0.378. The fourth-order valence-electron chi connectivity index (χ4n) is 4.78. The Morgan fingerprint density at radius 2 is 1.97 bits per heavy atom. The van der Waals surface area contributed by atoms with Crippen molar-refractivity contribution in [2.75, 3.05) is 4.90 Å². The Balaban J connectivity index is 1.83. The van der Waals surface area contributed by atoms with Crippen LogP contribution in [0.1, 0.15) is 59.8 Å². The summed E-state index contributed by atoms with van der Waals surface area (Å²) in [4.78, 5) is 29.5. The second kappa shape index (κ2) is 11.3. The highest BCUT2D eigenvalue weighted by atomic mass is 35.5. The zero-order valence-electron chi connectivity index (χ0n) is 20.5. The molecule has 1 saturated carbocycles. The lowest BCUT2D eigenvalue weighted by Crippen LogP contribution is -2.48. The fraction of sp³-hybridized carbons (Fsp3) is 0.423. The number of hydrogen-bond acceptors (Lipinski definition) is 4. The molecule has 1 aromatic carbocycles. The molecule has 1 atom stereocenters. The molecule has 1 aliphatic rings. The number of amides is 2. The van der Waals surface area contributed by atoms with Crippen LogP contribution in [-0.4, -0.2) is 27.6 Å². The van der Waals surface area contributed by atoms with Crippen molar-refractivity contribution in [2.24, 2.45) is 7.05 Å². The number of hydrogen-bond donors (Lipinski definition) is 1. The molecule has 0 aliphatic heterocycles. The summed E-state index contributed by atoms with van der Waals surface area (Å²) < 4.78 is 42.9. The predicted octanol–water partition coefficient (Wildman–Crippen LogP) is 6.23. The lowest BCUT2D eigenvalue weighted by Gasteiger charge is -2.33. The van der Waals surface area contributed by atoms with E-state index in [0.29, 0.717) is 11.3 Å². The number of alkyl halides is 3. The van der Waals surface area contributed by atoms with Gasteiger partial charge in [0.25, 0.3) is 0 Å². The molecule has 37 heavy (non-hydrogen) atoms. The van der Waals surface area contributed by atoms with E-state index in [9.17, 15) is 22.8 Å². The van der Waals surface area contributed by atoms with Gasteiger partial charge >= 0.3 is 6.18 Å². The molecule has 0 saturated heterocycles. The summed E-state index contributed by atoms with van der Waals surface area (Å²) in [5.74, 6) is -0.962. The first-order chi connectivity index (χ1) is 17.5. The Bertz CT molecular complexity index is 1250. The number of carbonyl (C=O) groups excluding carboxylic acids is 2. The highest BCUT2D eigenvalue weighted by molar-refractivity contribution is 7.10. The van der Waals surface area contributed by atoms with E-state index in [2.05, 4.69) is 10.4 Å². The van der Waals surface area contributed by atoms with Gasteiger partial charge in [0.1, 0.15) is 6.04 Å². The number of anilines is 1. The van der Waals surface area contributed by atoms with Crippen molar-refractivity contribution in [3.05, 3.63) is 68.6 Å². The Morgan fingerprint density at radius 3 is 2.57 bits per heavy atom. The molecular weight excluding hydrogens is 525 g/mol. The zero-order valence-corrected chi connectivity index (χ0v) is 22.1. The van der Waals surface area contributed by atoms with Gasteiger partial charge in [0, 0.05) is 35.4 Å². The van der Waals surface area contributed by atoms with Crippen LogP contribution in [0.4, 0.5) is 18.9 Å². The topological polar surface area (TPSA) is 67.2 Å². The molecule has 1 fully saturated rings. The minimum absolute atomic E-state index is 0.0640. The Kier molecular flexibility index (Phi) is 8.28. The van der Waals surface area contributed by atoms with E-state index >= 15 is 0 Å². The predicted molar refractivity (Wildman–Crippen MR) is 138 cm³/mol. The van der Waals surface area contributed by atoms with E-state index in [1.807, 2.05) is 5.38 Å². The van der Waals surface area contributed by atoms with E-state index in [4.69, 9.17) is 11.6 Å². The van der Waals surface area contributed by atoms with Crippen molar-refractivity contribution in [3.63, 3.8) is 0 Å². The molecule has 198 valence electrons. The molecule has 2 heterocycles. The number of rotatable bonds is 7. The summed E-state index contributed by atoms with van der Waals surface area (Å²) in [6.45, 7) is 1.71. The first-order valence-corrected chi connectivity index (χ1v) is 13.3. The van der Waals surface area contributed by atoms with Crippen LogP contribution in [0.25, 0.3) is 0 Å². The van der Waals surface area contributed by atoms with Gasteiger partial charge in [-0.1, -0.05) is 36.9 Å². The molecule has 0 radical (unpaired) electrons. The minimum atomic E-state index is -4.74. The Hall–Kier alpha value is -2.85. The summed E-state index contributed by atoms with van der Waals surface area (Å²) in [5.41, 5.74) is -0.190. The molecule has 1 N–H and O–H groups in total. The van der Waals surface area contributed by atoms with Crippen LogP contribution >= 0.6 is 22.9 Å². The standard InChI is InChI=1S/C26H28ClF3N4O2S/c1-16-20(15-33(2)32-16)24(25(36)31-17-7-4-3-5-8-17)34(23(35)14-19-9-6-12-37-19)18-10-11-22(27)21(13-18)26(28,29)30/h6,9-13,15,17,24H,3-5,7-8,14H2,1-2H3,(H,31,36)/t24-/m0/s1. The SMILES string of the molecule is Cc1nn(C)cc1[C@@H](C(=O)NC1CCCCC1)N(C(=O)Cc1cccs1)c1ccc(Cl)c(C(F)(F)F)c1. The van der Waals surface area contributed by atoms with Crippen LogP contribution in [0.5, 0.6) is 0 Å². The lowest BCUT2D eigenvalue weighted by molar-refractivity contribution is -0.137. The summed E-state index contributed by atoms with van der Waals surface area (Å²) >= 11 is 7.24. The van der Waals surface area contributed by atoms with Crippen LogP contribution in [0.2, 0.25) is 5.02 Å². The zero-order chi connectivity index (χ0) is 26.7. The monoisotopic (exact) mass is 552 g/mol. The molecule has 2 aromatic heterocycles. The van der Waals surface area contributed by atoms with Gasteiger partial charge in [-0.3, -0.25) is 19.2 Å². The van der Waals surface area contributed by atoms with Crippen molar-refractivity contribution in [2.45, 2.75) is 63.7 Å². The number of nitrogens with one attached hydrogen (secondary N) is 1. The molecule has 0 bridgehead atoms. The van der Waals surface area contributed by atoms with Crippen LogP contribution < -0.4 is 10.2 Å². The number of thiophene rings is 1. The smallest absolute Gasteiger partial charge is 0.351 e. The van der Waals surface area contributed by atoms with E-state index in [-0.39, 0.29) is 18.2 Å². The largest absolute Gasteiger partial charge is 0.417 e. The number of aryl methyl sites for hydroxylation is 2. The van der Waals surface area contributed by atoms with Crippen molar-refractivity contribution < 1.29 is 22.8 Å². The minimum Gasteiger partial charge on any atom is -0.351 e. The van der Waals surface area contributed by atoms with Gasteiger partial charge < -0.3 is 5.32 Å². The lowest BCUT2D eigenvalue weighted by atomic mass is 9.94. The van der Waals surface area contributed by atoms with Gasteiger partial charge in [0.15, 0.2) is 0 Å². The summed E-state index contributed by atoms with van der Waals surface area (Å²) in [7, 11) is 1.69. The fourth-order valence-corrected chi connectivity index (χ4v) is 5.70. The molecular formula is C26H28ClF3N4O2S. The molecule has 0 spiro atoms. The third-order valence-electron chi connectivity index (χ3n) is 6.51. The van der Waals surface area contributed by atoms with Crippen molar-refractivity contribution in [3.8, 4) is 0 Å². The first kappa shape index (κ1) is 27.2. The highest BCUT2D eigenvalue weighted by Crippen LogP contribution is 2.39. The number of halogens is 4. The third kappa shape index (κ3) is 6.35. The van der Waals surface area contributed by atoms with Gasteiger partial charge in [-0.05, 0) is 49.4 Å². The van der Waals surface area contributed by atoms with E-state index < -0.39 is 34.6 Å². The van der Waals surface area contributed by atoms with Gasteiger partial charge in [-0.15, -0.1) is 11.3 Å². The second-order valence-electron chi connectivity index (χ2n) is 9.27. The van der Waals surface area contributed by atoms with Crippen LogP contribution in [0.3, 0.4) is 0 Å². The molecule has 11 heteroatoms. The maximum atomic E-state index is 13.9. The van der Waals surface area contributed by atoms with Gasteiger partial charge in [-0.25, -0.2) is 0 Å². The van der Waals surface area contributed by atoms with Gasteiger partial charge in [-0.2, -0.15) is 18.3 Å². The maximum Gasteiger partial charge on any atom is 0.417 e. The molecule has 1 aliphatic carbocycles. The van der Waals surface area contributed by atoms with Gasteiger partial charge in [0.2, 0.25) is 11.8 Å². The highest BCUT2D eigenvalue weighted by Gasteiger charge is 2.39. The summed E-state index contributed by atoms with van der Waals surface area (Å²) in [5, 5.41) is 8.73. The summed E-state index contributed by atoms with van der Waals surface area (Å²) in [6.07, 6.45) is 1.50. The van der Waals surface area contributed by atoms with E-state index in [1.165, 1.54) is 22.1 Å². The van der Waals surface area contributed by atoms with E-state index in [0.717, 1.165) is 54.0 Å². The van der Waals surface area contributed by atoms with Crippen molar-refractivity contribution in [1.29, 1.82) is 0 Å². The van der Waals surface area contributed by atoms with Crippen LogP contribution in [0, 0.1) is 6.92 Å². The molecule has 2 amide bonds. The first-order valence-electron chi connectivity index (χ1n) is 12.1. The number of benzene rings is 1. The Morgan fingerprint density at radius 1 is 1.24 bits per heavy atom. The number of aromatic nitrogens is 2. The maximum absolute atomic E-state index is 13.9. The number of nitrogens with zero attached hydrogens (tertiary/aromatic N) is 3.